The van der Waals surface area contributed by atoms with Crippen LogP contribution >= 0.6 is 11.6 Å². The van der Waals surface area contributed by atoms with Gasteiger partial charge >= 0.3 is 0 Å². The molecule has 5 heteroatoms. The topological polar surface area (TPSA) is 42.1 Å². The highest BCUT2D eigenvalue weighted by molar-refractivity contribution is 6.29. The molecule has 18 heavy (non-hydrogen) atoms. The summed E-state index contributed by atoms with van der Waals surface area (Å²) in [6, 6.07) is 7.46. The van der Waals surface area contributed by atoms with E-state index in [9.17, 15) is 9.18 Å². The van der Waals surface area contributed by atoms with E-state index in [1.807, 2.05) is 0 Å². The van der Waals surface area contributed by atoms with E-state index in [1.54, 1.807) is 19.1 Å². The van der Waals surface area contributed by atoms with E-state index in [2.05, 4.69) is 4.98 Å². The van der Waals surface area contributed by atoms with Crippen LogP contribution in [-0.4, -0.2) is 11.6 Å². The van der Waals surface area contributed by atoms with Crippen LogP contribution in [0.15, 0.2) is 35.1 Å². The van der Waals surface area contributed by atoms with E-state index in [-0.39, 0.29) is 16.5 Å². The lowest BCUT2D eigenvalue weighted by molar-refractivity contribution is 0.321. The molecule has 0 radical (unpaired) electrons. The highest BCUT2D eigenvalue weighted by atomic mass is 35.5. The highest BCUT2D eigenvalue weighted by Crippen LogP contribution is 2.25. The van der Waals surface area contributed by atoms with Crippen LogP contribution in [0.3, 0.4) is 0 Å². The van der Waals surface area contributed by atoms with Crippen molar-refractivity contribution in [3.8, 4) is 16.9 Å². The molecule has 1 aromatic carbocycles. The molecule has 0 amide bonds. The summed E-state index contributed by atoms with van der Waals surface area (Å²) in [6.45, 7) is 2.18. The number of H-pyrrole nitrogens is 1. The Kier molecular flexibility index (Phi) is 3.67. The van der Waals surface area contributed by atoms with E-state index in [1.165, 1.54) is 18.2 Å². The molecule has 0 aliphatic carbocycles. The average Bonchev–Trinajstić information content (AvgIpc) is 2.30. The molecule has 0 aliphatic heterocycles. The van der Waals surface area contributed by atoms with Crippen LogP contribution in [-0.2, 0) is 0 Å². The SMILES string of the molecule is CCOc1ccc(-c2cc(Cl)[nH]c(=O)c2)cc1F. The molecule has 0 saturated carbocycles. The van der Waals surface area contributed by atoms with Gasteiger partial charge in [-0.2, -0.15) is 0 Å². The molecule has 1 N–H and O–H groups in total. The summed E-state index contributed by atoms with van der Waals surface area (Å²) in [4.78, 5) is 13.7. The first-order valence-corrected chi connectivity index (χ1v) is 5.80. The van der Waals surface area contributed by atoms with Crippen molar-refractivity contribution in [2.45, 2.75) is 6.92 Å². The fourth-order valence-electron chi connectivity index (χ4n) is 1.63. The third kappa shape index (κ3) is 2.71. The minimum Gasteiger partial charge on any atom is -0.491 e. The van der Waals surface area contributed by atoms with Crippen molar-refractivity contribution < 1.29 is 9.13 Å². The number of aromatic amines is 1. The van der Waals surface area contributed by atoms with Crippen LogP contribution < -0.4 is 10.3 Å². The van der Waals surface area contributed by atoms with Crippen LogP contribution in [0.1, 0.15) is 6.92 Å². The summed E-state index contributed by atoms with van der Waals surface area (Å²) < 4.78 is 18.8. The van der Waals surface area contributed by atoms with Gasteiger partial charge in [-0.15, -0.1) is 0 Å². The molecule has 1 heterocycles. The number of nitrogens with one attached hydrogen (secondary N) is 1. The van der Waals surface area contributed by atoms with Gasteiger partial charge < -0.3 is 9.72 Å². The molecule has 94 valence electrons. The molecule has 0 saturated heterocycles. The summed E-state index contributed by atoms with van der Waals surface area (Å²) in [7, 11) is 0. The van der Waals surface area contributed by atoms with E-state index in [4.69, 9.17) is 16.3 Å². The number of aromatic nitrogens is 1. The van der Waals surface area contributed by atoms with Crippen molar-refractivity contribution in [2.75, 3.05) is 6.61 Å². The van der Waals surface area contributed by atoms with Crippen molar-refractivity contribution in [3.05, 3.63) is 51.7 Å². The first-order chi connectivity index (χ1) is 8.60. The van der Waals surface area contributed by atoms with Gasteiger partial charge in [0.05, 0.1) is 6.61 Å². The van der Waals surface area contributed by atoms with Gasteiger partial charge in [0, 0.05) is 6.07 Å². The predicted molar refractivity (Wildman–Crippen MR) is 68.6 cm³/mol. The molecule has 0 spiro atoms. The van der Waals surface area contributed by atoms with Gasteiger partial charge in [0.2, 0.25) is 5.56 Å². The molecule has 0 unspecified atom stereocenters. The van der Waals surface area contributed by atoms with E-state index < -0.39 is 5.82 Å². The summed E-state index contributed by atoms with van der Waals surface area (Å²) in [5, 5.41) is 0.215. The maximum absolute atomic E-state index is 13.7. The van der Waals surface area contributed by atoms with Crippen LogP contribution in [0.5, 0.6) is 5.75 Å². The zero-order valence-electron chi connectivity index (χ0n) is 9.67. The zero-order valence-corrected chi connectivity index (χ0v) is 10.4. The molecular formula is C13H11ClFNO2. The third-order valence-corrected chi connectivity index (χ3v) is 2.58. The number of rotatable bonds is 3. The summed E-state index contributed by atoms with van der Waals surface area (Å²) >= 11 is 5.75. The van der Waals surface area contributed by atoms with Crippen molar-refractivity contribution >= 4 is 11.6 Å². The second-order valence-electron chi connectivity index (χ2n) is 3.66. The van der Waals surface area contributed by atoms with Gasteiger partial charge in [0.15, 0.2) is 11.6 Å². The molecule has 1 aromatic heterocycles. The van der Waals surface area contributed by atoms with E-state index in [0.717, 1.165) is 0 Å². The molecule has 0 fully saturated rings. The molecule has 3 nitrogen and oxygen atoms in total. The summed E-state index contributed by atoms with van der Waals surface area (Å²) in [5.41, 5.74) is 0.807. The first kappa shape index (κ1) is 12.6. The van der Waals surface area contributed by atoms with Crippen LogP contribution in [0.4, 0.5) is 4.39 Å². The molecule has 0 aliphatic rings. The number of ether oxygens (including phenoxy) is 1. The minimum absolute atomic E-state index is 0.192. The van der Waals surface area contributed by atoms with E-state index >= 15 is 0 Å². The van der Waals surface area contributed by atoms with Crippen LogP contribution in [0, 0.1) is 5.82 Å². The standard InChI is InChI=1S/C13H11ClFNO2/c1-2-18-11-4-3-8(5-10(11)15)9-6-12(14)16-13(17)7-9/h3-7H,2H2,1H3,(H,16,17). The lowest BCUT2D eigenvalue weighted by Crippen LogP contribution is -2.04. The van der Waals surface area contributed by atoms with Gasteiger partial charge in [-0.1, -0.05) is 17.7 Å². The Morgan fingerprint density at radius 1 is 1.28 bits per heavy atom. The second kappa shape index (κ2) is 5.23. The lowest BCUT2D eigenvalue weighted by atomic mass is 10.1. The number of benzene rings is 1. The van der Waals surface area contributed by atoms with E-state index in [0.29, 0.717) is 17.7 Å². The fourth-order valence-corrected chi connectivity index (χ4v) is 1.84. The third-order valence-electron chi connectivity index (χ3n) is 2.38. The molecular weight excluding hydrogens is 257 g/mol. The van der Waals surface area contributed by atoms with Gasteiger partial charge in [-0.05, 0) is 36.2 Å². The van der Waals surface area contributed by atoms with Gasteiger partial charge in [0.25, 0.3) is 0 Å². The Hall–Kier alpha value is -1.81. The monoisotopic (exact) mass is 267 g/mol. The summed E-state index contributed by atoms with van der Waals surface area (Å²) in [5.74, 6) is -0.275. The number of hydrogen-bond acceptors (Lipinski definition) is 2. The second-order valence-corrected chi connectivity index (χ2v) is 4.07. The average molecular weight is 268 g/mol. The Labute approximate surface area is 108 Å². The summed E-state index contributed by atoms with van der Waals surface area (Å²) in [6.07, 6.45) is 0. The quantitative estimate of drug-likeness (QED) is 0.868. The normalized spacial score (nSPS) is 10.4. The zero-order chi connectivity index (χ0) is 13.1. The predicted octanol–water partition coefficient (Wildman–Crippen LogP) is 3.23. The maximum Gasteiger partial charge on any atom is 0.249 e. The molecule has 0 atom stereocenters. The maximum atomic E-state index is 13.7. The van der Waals surface area contributed by atoms with Gasteiger partial charge in [-0.3, -0.25) is 4.79 Å². The molecule has 0 bridgehead atoms. The van der Waals surface area contributed by atoms with Crippen LogP contribution in [0.2, 0.25) is 5.15 Å². The van der Waals surface area contributed by atoms with Gasteiger partial charge in [-0.25, -0.2) is 4.39 Å². The van der Waals surface area contributed by atoms with Crippen molar-refractivity contribution in [1.29, 1.82) is 0 Å². The fraction of sp³-hybridized carbons (Fsp3) is 0.154. The lowest BCUT2D eigenvalue weighted by Gasteiger charge is -2.07. The number of halogens is 2. The Morgan fingerprint density at radius 3 is 2.67 bits per heavy atom. The Bertz CT molecular complexity index is 625. The first-order valence-electron chi connectivity index (χ1n) is 5.42. The molecule has 2 rings (SSSR count). The van der Waals surface area contributed by atoms with Crippen molar-refractivity contribution in [3.63, 3.8) is 0 Å². The van der Waals surface area contributed by atoms with Crippen molar-refractivity contribution in [1.82, 2.24) is 4.98 Å². The smallest absolute Gasteiger partial charge is 0.249 e. The highest BCUT2D eigenvalue weighted by Gasteiger charge is 2.07. The Morgan fingerprint density at radius 2 is 2.06 bits per heavy atom. The largest absolute Gasteiger partial charge is 0.491 e. The molecule has 2 aromatic rings. The number of pyridine rings is 1. The minimum atomic E-state index is -0.467. The Balaban J connectivity index is 2.45. The van der Waals surface area contributed by atoms with Crippen LogP contribution in [0.25, 0.3) is 11.1 Å². The number of hydrogen-bond donors (Lipinski definition) is 1. The van der Waals surface area contributed by atoms with Crippen molar-refractivity contribution in [2.24, 2.45) is 0 Å². The van der Waals surface area contributed by atoms with Gasteiger partial charge in [0.1, 0.15) is 5.15 Å².